The molecule has 2 nitrogen and oxygen atoms in total. The van der Waals surface area contributed by atoms with Crippen molar-refractivity contribution in [2.45, 2.75) is 24.8 Å². The fourth-order valence-electron chi connectivity index (χ4n) is 1.52. The van der Waals surface area contributed by atoms with E-state index in [1.807, 2.05) is 13.2 Å². The number of hydrogen-bond acceptors (Lipinski definition) is 3. The lowest BCUT2D eigenvalue weighted by atomic mass is 10.2. The summed E-state index contributed by atoms with van der Waals surface area (Å²) < 4.78 is 14.3. The second-order valence-electron chi connectivity index (χ2n) is 3.86. The van der Waals surface area contributed by atoms with Crippen molar-refractivity contribution in [1.29, 1.82) is 0 Å². The molecule has 2 N–H and O–H groups in total. The summed E-state index contributed by atoms with van der Waals surface area (Å²) in [6, 6.07) is 5.03. The first-order chi connectivity index (χ1) is 8.08. The molecule has 0 radical (unpaired) electrons. The number of benzene rings is 1. The largest absolute Gasteiger partial charge is 0.395 e. The molecule has 0 heterocycles. The maximum atomic E-state index is 13.5. The van der Waals surface area contributed by atoms with Gasteiger partial charge in [-0.3, -0.25) is 0 Å². The van der Waals surface area contributed by atoms with E-state index in [1.165, 1.54) is 6.07 Å². The Kier molecular flexibility index (Phi) is 6.48. The molecule has 0 aromatic heterocycles. The molecule has 0 saturated carbocycles. The molecule has 0 fully saturated rings. The van der Waals surface area contributed by atoms with Gasteiger partial charge in [0.25, 0.3) is 0 Å². The fraction of sp³-hybridized carbons (Fsp3) is 0.500. The minimum Gasteiger partial charge on any atom is -0.395 e. The van der Waals surface area contributed by atoms with Gasteiger partial charge in [0, 0.05) is 27.9 Å². The van der Waals surface area contributed by atoms with Gasteiger partial charge in [-0.05, 0) is 31.4 Å². The summed E-state index contributed by atoms with van der Waals surface area (Å²) in [5, 5.41) is 12.5. The van der Waals surface area contributed by atoms with E-state index in [4.69, 9.17) is 5.11 Å². The summed E-state index contributed by atoms with van der Waals surface area (Å²) >= 11 is 4.93. The van der Waals surface area contributed by atoms with Crippen molar-refractivity contribution in [3.8, 4) is 0 Å². The van der Waals surface area contributed by atoms with Crippen LogP contribution >= 0.6 is 27.7 Å². The molecule has 0 aliphatic carbocycles. The lowest BCUT2D eigenvalue weighted by Crippen LogP contribution is -2.37. The van der Waals surface area contributed by atoms with Crippen molar-refractivity contribution >= 4 is 27.7 Å². The van der Waals surface area contributed by atoms with Crippen LogP contribution in [0.5, 0.6) is 0 Å². The fourth-order valence-corrected chi connectivity index (χ4v) is 2.58. The minimum atomic E-state index is -0.211. The van der Waals surface area contributed by atoms with Crippen LogP contribution < -0.4 is 5.32 Å². The van der Waals surface area contributed by atoms with E-state index in [1.54, 1.807) is 23.9 Å². The molecule has 2 unspecified atom stereocenters. The maximum absolute atomic E-state index is 13.5. The smallest absolute Gasteiger partial charge is 0.127 e. The van der Waals surface area contributed by atoms with Crippen molar-refractivity contribution in [2.24, 2.45) is 0 Å². The number of aliphatic hydroxyl groups excluding tert-OH is 1. The van der Waals surface area contributed by atoms with Crippen LogP contribution in [0.4, 0.5) is 4.39 Å². The number of aliphatic hydroxyl groups is 1. The summed E-state index contributed by atoms with van der Waals surface area (Å²) in [4.78, 5) is 0. The Morgan fingerprint density at radius 2 is 2.24 bits per heavy atom. The molecular formula is C12H17BrFNOS. The summed E-state index contributed by atoms with van der Waals surface area (Å²) in [7, 11) is 0. The van der Waals surface area contributed by atoms with Gasteiger partial charge in [-0.15, -0.1) is 0 Å². The lowest BCUT2D eigenvalue weighted by Gasteiger charge is -2.21. The average Bonchev–Trinajstić information content (AvgIpc) is 2.32. The van der Waals surface area contributed by atoms with Crippen LogP contribution in [0.1, 0.15) is 12.5 Å². The van der Waals surface area contributed by atoms with Crippen molar-refractivity contribution in [3.63, 3.8) is 0 Å². The van der Waals surface area contributed by atoms with Crippen LogP contribution in [0.25, 0.3) is 0 Å². The van der Waals surface area contributed by atoms with E-state index >= 15 is 0 Å². The van der Waals surface area contributed by atoms with Crippen LogP contribution in [-0.2, 0) is 6.54 Å². The van der Waals surface area contributed by atoms with E-state index in [0.717, 1.165) is 4.47 Å². The number of nitrogens with one attached hydrogen (secondary N) is 1. The molecule has 0 bridgehead atoms. The van der Waals surface area contributed by atoms with Crippen molar-refractivity contribution < 1.29 is 9.50 Å². The van der Waals surface area contributed by atoms with Gasteiger partial charge in [0.15, 0.2) is 0 Å². The lowest BCUT2D eigenvalue weighted by molar-refractivity contribution is 0.275. The molecule has 1 aromatic rings. The molecule has 0 spiro atoms. The summed E-state index contributed by atoms with van der Waals surface area (Å²) in [5.74, 6) is -0.211. The highest BCUT2D eigenvalue weighted by atomic mass is 79.9. The van der Waals surface area contributed by atoms with Crippen LogP contribution in [0, 0.1) is 5.82 Å². The number of rotatable bonds is 6. The quantitative estimate of drug-likeness (QED) is 0.845. The zero-order valence-corrected chi connectivity index (χ0v) is 12.3. The summed E-state index contributed by atoms with van der Waals surface area (Å²) in [6.45, 7) is 2.58. The van der Waals surface area contributed by atoms with Gasteiger partial charge in [-0.25, -0.2) is 4.39 Å². The third-order valence-electron chi connectivity index (χ3n) is 2.66. The zero-order chi connectivity index (χ0) is 12.8. The number of hydrogen-bond donors (Lipinski definition) is 2. The molecule has 2 atom stereocenters. The first-order valence-corrected chi connectivity index (χ1v) is 7.47. The van der Waals surface area contributed by atoms with Gasteiger partial charge in [-0.2, -0.15) is 11.8 Å². The monoisotopic (exact) mass is 321 g/mol. The molecule has 0 saturated heterocycles. The third kappa shape index (κ3) is 4.58. The molecule has 96 valence electrons. The third-order valence-corrected chi connectivity index (χ3v) is 4.32. The maximum Gasteiger partial charge on any atom is 0.127 e. The van der Waals surface area contributed by atoms with Gasteiger partial charge >= 0.3 is 0 Å². The second-order valence-corrected chi connectivity index (χ2v) is 5.85. The van der Waals surface area contributed by atoms with Crippen LogP contribution in [0.2, 0.25) is 0 Å². The van der Waals surface area contributed by atoms with Crippen molar-refractivity contribution in [2.75, 3.05) is 12.9 Å². The van der Waals surface area contributed by atoms with Gasteiger partial charge in [-0.1, -0.05) is 15.9 Å². The summed E-state index contributed by atoms with van der Waals surface area (Å²) in [5.41, 5.74) is 0.629. The molecule has 0 aliphatic heterocycles. The van der Waals surface area contributed by atoms with Gasteiger partial charge in [0.2, 0.25) is 0 Å². The molecule has 5 heteroatoms. The Morgan fingerprint density at radius 1 is 1.53 bits per heavy atom. The average molecular weight is 322 g/mol. The van der Waals surface area contributed by atoms with Gasteiger partial charge in [0.1, 0.15) is 5.82 Å². The van der Waals surface area contributed by atoms with E-state index < -0.39 is 0 Å². The first-order valence-electron chi connectivity index (χ1n) is 5.39. The highest BCUT2D eigenvalue weighted by molar-refractivity contribution is 9.10. The Hall–Kier alpha value is -0.100. The molecule has 0 amide bonds. The Balaban J connectivity index is 2.57. The van der Waals surface area contributed by atoms with E-state index in [-0.39, 0.29) is 23.7 Å². The first kappa shape index (κ1) is 15.0. The van der Waals surface area contributed by atoms with Crippen LogP contribution in [0.15, 0.2) is 22.7 Å². The Labute approximate surface area is 114 Å². The van der Waals surface area contributed by atoms with Crippen LogP contribution in [-0.4, -0.2) is 29.3 Å². The topological polar surface area (TPSA) is 32.3 Å². The van der Waals surface area contributed by atoms with E-state index in [2.05, 4.69) is 21.2 Å². The summed E-state index contributed by atoms with van der Waals surface area (Å²) in [6.07, 6.45) is 1.96. The molecule has 1 rings (SSSR count). The number of thioether (sulfide) groups is 1. The predicted molar refractivity (Wildman–Crippen MR) is 74.8 cm³/mol. The Bertz CT molecular complexity index is 360. The van der Waals surface area contributed by atoms with Gasteiger partial charge < -0.3 is 10.4 Å². The SMILES string of the molecule is CSC(CO)C(C)NCc1cc(Br)ccc1F. The Morgan fingerprint density at radius 3 is 2.82 bits per heavy atom. The molecule has 0 aliphatic rings. The zero-order valence-electron chi connectivity index (χ0n) is 9.91. The number of halogens is 2. The van der Waals surface area contributed by atoms with E-state index in [0.29, 0.717) is 12.1 Å². The standard InChI is InChI=1S/C12H17BrFNOS/c1-8(12(7-16)17-2)15-6-9-5-10(13)3-4-11(9)14/h3-5,8,12,15-16H,6-7H2,1-2H3. The second kappa shape index (κ2) is 7.36. The van der Waals surface area contributed by atoms with Crippen molar-refractivity contribution in [1.82, 2.24) is 5.32 Å². The highest BCUT2D eigenvalue weighted by Gasteiger charge is 2.15. The molecule has 1 aromatic carbocycles. The van der Waals surface area contributed by atoms with E-state index in [9.17, 15) is 4.39 Å². The highest BCUT2D eigenvalue weighted by Crippen LogP contribution is 2.16. The van der Waals surface area contributed by atoms with Crippen molar-refractivity contribution in [3.05, 3.63) is 34.1 Å². The minimum absolute atomic E-state index is 0.121. The normalized spacial score (nSPS) is 14.6. The molecular weight excluding hydrogens is 305 g/mol. The van der Waals surface area contributed by atoms with Gasteiger partial charge in [0.05, 0.1) is 6.61 Å². The molecule has 17 heavy (non-hydrogen) atoms. The van der Waals surface area contributed by atoms with Crippen LogP contribution in [0.3, 0.4) is 0 Å². The predicted octanol–water partition coefficient (Wildman–Crippen LogP) is 2.79.